The van der Waals surface area contributed by atoms with E-state index in [0.29, 0.717) is 35.2 Å². The fourth-order valence-electron chi connectivity index (χ4n) is 2.16. The molecule has 1 aliphatic heterocycles. The van der Waals surface area contributed by atoms with Gasteiger partial charge in [0.05, 0.1) is 12.5 Å². The molecule has 1 heterocycles. The zero-order valence-corrected chi connectivity index (χ0v) is 12.7. The van der Waals surface area contributed by atoms with Gasteiger partial charge in [-0.2, -0.15) is 0 Å². The first-order valence-electron chi connectivity index (χ1n) is 6.53. The molecule has 2 N–H and O–H groups in total. The maximum atomic E-state index is 12.0. The van der Waals surface area contributed by atoms with E-state index in [9.17, 15) is 14.7 Å². The minimum atomic E-state index is -1.13. The Bertz CT molecular complexity index is 524. The van der Waals surface area contributed by atoms with Gasteiger partial charge in [0, 0.05) is 23.1 Å². The summed E-state index contributed by atoms with van der Waals surface area (Å²) in [5.74, 6) is -1.74. The van der Waals surface area contributed by atoms with E-state index < -0.39 is 12.0 Å². The molecule has 0 unspecified atom stereocenters. The highest BCUT2D eigenvalue weighted by Crippen LogP contribution is 2.25. The molecule has 5 nitrogen and oxygen atoms in total. The molecule has 1 saturated heterocycles. The highest BCUT2D eigenvalue weighted by atomic mass is 35.5. The van der Waals surface area contributed by atoms with Crippen LogP contribution in [0.25, 0.3) is 0 Å². The van der Waals surface area contributed by atoms with Crippen molar-refractivity contribution >= 4 is 35.1 Å². The van der Waals surface area contributed by atoms with Crippen molar-refractivity contribution in [3.05, 3.63) is 33.8 Å². The van der Waals surface area contributed by atoms with Gasteiger partial charge in [0.15, 0.2) is 0 Å². The molecule has 1 aromatic rings. The van der Waals surface area contributed by atoms with Crippen LogP contribution >= 0.6 is 23.2 Å². The molecular formula is C14H15Cl2NO4. The molecule has 21 heavy (non-hydrogen) atoms. The zero-order chi connectivity index (χ0) is 15.4. The van der Waals surface area contributed by atoms with E-state index in [-0.39, 0.29) is 18.2 Å². The van der Waals surface area contributed by atoms with Gasteiger partial charge in [-0.25, -0.2) is 4.79 Å². The normalized spacial score (nSPS) is 19.2. The average Bonchev–Trinajstić information content (AvgIpc) is 2.95. The molecule has 0 bridgehead atoms. The minimum Gasteiger partial charge on any atom is -0.480 e. The van der Waals surface area contributed by atoms with Crippen LogP contribution < -0.4 is 5.32 Å². The van der Waals surface area contributed by atoms with Gasteiger partial charge in [-0.05, 0) is 24.1 Å². The van der Waals surface area contributed by atoms with Crippen LogP contribution in [0.15, 0.2) is 18.2 Å². The van der Waals surface area contributed by atoms with Crippen molar-refractivity contribution in [2.75, 3.05) is 13.2 Å². The number of halogens is 2. The smallest absolute Gasteiger partial charge is 0.326 e. The lowest BCUT2D eigenvalue weighted by Gasteiger charge is -2.18. The first-order chi connectivity index (χ1) is 9.99. The van der Waals surface area contributed by atoms with Crippen molar-refractivity contribution in [2.45, 2.75) is 18.9 Å². The Kier molecular flexibility index (Phi) is 5.45. The Morgan fingerprint density at radius 1 is 1.38 bits per heavy atom. The number of benzene rings is 1. The molecular weight excluding hydrogens is 317 g/mol. The van der Waals surface area contributed by atoms with Crippen molar-refractivity contribution in [3.63, 3.8) is 0 Å². The van der Waals surface area contributed by atoms with E-state index in [1.807, 2.05) is 0 Å². The van der Waals surface area contributed by atoms with Gasteiger partial charge in [0.2, 0.25) is 5.91 Å². The summed E-state index contributed by atoms with van der Waals surface area (Å²) < 4.78 is 5.13. The first kappa shape index (κ1) is 16.1. The largest absolute Gasteiger partial charge is 0.480 e. The molecule has 1 aromatic carbocycles. The van der Waals surface area contributed by atoms with E-state index in [0.717, 1.165) is 0 Å². The quantitative estimate of drug-likeness (QED) is 0.866. The van der Waals surface area contributed by atoms with Crippen LogP contribution in [-0.4, -0.2) is 36.2 Å². The Morgan fingerprint density at radius 2 is 2.05 bits per heavy atom. The molecule has 114 valence electrons. The summed E-state index contributed by atoms with van der Waals surface area (Å²) >= 11 is 12.1. The Hall–Kier alpha value is -1.30. The fraction of sp³-hybridized carbons (Fsp3) is 0.429. The second-order valence-electron chi connectivity index (χ2n) is 4.86. The van der Waals surface area contributed by atoms with Crippen molar-refractivity contribution in [2.24, 2.45) is 5.92 Å². The number of aliphatic carboxylic acids is 1. The average molecular weight is 332 g/mol. The molecule has 1 aliphatic rings. The van der Waals surface area contributed by atoms with Gasteiger partial charge < -0.3 is 15.2 Å². The fourth-order valence-corrected chi connectivity index (χ4v) is 2.71. The van der Waals surface area contributed by atoms with E-state index in [1.165, 1.54) is 0 Å². The summed E-state index contributed by atoms with van der Waals surface area (Å²) in [7, 11) is 0. The van der Waals surface area contributed by atoms with E-state index in [1.54, 1.807) is 18.2 Å². The topological polar surface area (TPSA) is 75.6 Å². The van der Waals surface area contributed by atoms with Crippen LogP contribution in [0.5, 0.6) is 0 Å². The van der Waals surface area contributed by atoms with Gasteiger partial charge in [-0.1, -0.05) is 29.3 Å². The number of carbonyl (C=O) groups is 2. The molecule has 0 spiro atoms. The molecule has 2 atom stereocenters. The molecule has 0 aromatic heterocycles. The summed E-state index contributed by atoms with van der Waals surface area (Å²) in [5, 5.41) is 12.6. The Balaban J connectivity index is 2.09. The van der Waals surface area contributed by atoms with E-state index >= 15 is 0 Å². The second kappa shape index (κ2) is 7.11. The molecule has 0 saturated carbocycles. The van der Waals surface area contributed by atoms with Gasteiger partial charge in [-0.15, -0.1) is 0 Å². The first-order valence-corrected chi connectivity index (χ1v) is 7.28. The molecule has 2 rings (SSSR count). The number of ether oxygens (including phenoxy) is 1. The number of hydrogen-bond donors (Lipinski definition) is 2. The molecule has 1 fully saturated rings. The molecule has 7 heteroatoms. The van der Waals surface area contributed by atoms with Crippen LogP contribution in [0.2, 0.25) is 10.0 Å². The maximum Gasteiger partial charge on any atom is 0.326 e. The van der Waals surface area contributed by atoms with Crippen molar-refractivity contribution in [1.82, 2.24) is 5.32 Å². The van der Waals surface area contributed by atoms with Gasteiger partial charge in [0.1, 0.15) is 6.04 Å². The van der Waals surface area contributed by atoms with Crippen LogP contribution in [0.4, 0.5) is 0 Å². The summed E-state index contributed by atoms with van der Waals surface area (Å²) in [5.41, 5.74) is 0.510. The summed E-state index contributed by atoms with van der Waals surface area (Å²) in [6, 6.07) is 3.87. The third-order valence-electron chi connectivity index (χ3n) is 3.38. The van der Waals surface area contributed by atoms with Crippen molar-refractivity contribution in [3.8, 4) is 0 Å². The van der Waals surface area contributed by atoms with Crippen LogP contribution in [-0.2, 0) is 20.7 Å². The van der Waals surface area contributed by atoms with Gasteiger partial charge in [-0.3, -0.25) is 4.79 Å². The third-order valence-corrected chi connectivity index (χ3v) is 4.09. The molecule has 1 amide bonds. The SMILES string of the molecule is O=C(N[C@@H](Cc1c(Cl)cccc1Cl)C(=O)O)[C@@H]1CCOC1. The number of carboxylic acid groups (broad SMARTS) is 1. The van der Waals surface area contributed by atoms with E-state index in [4.69, 9.17) is 27.9 Å². The number of hydrogen-bond acceptors (Lipinski definition) is 3. The maximum absolute atomic E-state index is 12.0. The highest BCUT2D eigenvalue weighted by Gasteiger charge is 2.28. The number of nitrogens with one attached hydrogen (secondary N) is 1. The predicted octanol–water partition coefficient (Wildman–Crippen LogP) is 2.14. The number of carboxylic acids is 1. The van der Waals surface area contributed by atoms with Crippen molar-refractivity contribution in [1.29, 1.82) is 0 Å². The minimum absolute atomic E-state index is 0.0349. The monoisotopic (exact) mass is 331 g/mol. The molecule has 0 aliphatic carbocycles. The van der Waals surface area contributed by atoms with Crippen LogP contribution in [0, 0.1) is 5.92 Å². The summed E-state index contributed by atoms with van der Waals surface area (Å²) in [6.07, 6.45) is 0.637. The van der Waals surface area contributed by atoms with Crippen LogP contribution in [0.1, 0.15) is 12.0 Å². The lowest BCUT2D eigenvalue weighted by atomic mass is 10.0. The third kappa shape index (κ3) is 4.09. The van der Waals surface area contributed by atoms with Gasteiger partial charge in [0.25, 0.3) is 0 Å². The number of amides is 1. The van der Waals surface area contributed by atoms with E-state index in [2.05, 4.69) is 5.32 Å². The Labute approximate surface area is 132 Å². The zero-order valence-electron chi connectivity index (χ0n) is 11.1. The lowest BCUT2D eigenvalue weighted by molar-refractivity contribution is -0.142. The standard InChI is InChI=1S/C14H15Cl2NO4/c15-10-2-1-3-11(16)9(10)6-12(14(19)20)17-13(18)8-4-5-21-7-8/h1-3,8,12H,4-7H2,(H,17,18)(H,19,20)/t8-,12+/m1/s1. The second-order valence-corrected chi connectivity index (χ2v) is 5.68. The summed E-state index contributed by atoms with van der Waals surface area (Å²) in [4.78, 5) is 23.3. The lowest BCUT2D eigenvalue weighted by Crippen LogP contribution is -2.45. The van der Waals surface area contributed by atoms with Gasteiger partial charge >= 0.3 is 5.97 Å². The number of rotatable bonds is 5. The Morgan fingerprint density at radius 3 is 2.57 bits per heavy atom. The highest BCUT2D eigenvalue weighted by molar-refractivity contribution is 6.36. The number of carbonyl (C=O) groups excluding carboxylic acids is 1. The van der Waals surface area contributed by atoms with Crippen molar-refractivity contribution < 1.29 is 19.4 Å². The molecule has 0 radical (unpaired) electrons. The van der Waals surface area contributed by atoms with Crippen LogP contribution in [0.3, 0.4) is 0 Å². The summed E-state index contributed by atoms with van der Waals surface area (Å²) in [6.45, 7) is 0.844. The predicted molar refractivity (Wildman–Crippen MR) is 78.7 cm³/mol.